The maximum Gasteiger partial charge on any atom is 0.411 e. The fraction of sp³-hybridized carbons (Fsp3) is 0.130. The van der Waals surface area contributed by atoms with Gasteiger partial charge in [0.2, 0.25) is 0 Å². The van der Waals surface area contributed by atoms with Crippen LogP contribution < -0.4 is 5.32 Å². The van der Waals surface area contributed by atoms with E-state index in [0.29, 0.717) is 5.56 Å². The zero-order valence-electron chi connectivity index (χ0n) is 15.6. The Balaban J connectivity index is 1.53. The molecule has 1 aliphatic rings. The van der Waals surface area contributed by atoms with Crippen LogP contribution >= 0.6 is 11.6 Å². The summed E-state index contributed by atoms with van der Waals surface area (Å²) in [4.78, 5) is 23.8. The summed E-state index contributed by atoms with van der Waals surface area (Å²) in [6, 6.07) is 19.0. The molecule has 0 spiro atoms. The number of ether oxygens (including phenoxy) is 1. The Hall–Kier alpha value is -3.31. The molecule has 0 radical (unpaired) electrons. The van der Waals surface area contributed by atoms with E-state index in [-0.39, 0.29) is 28.8 Å². The first-order chi connectivity index (χ1) is 14.0. The minimum atomic E-state index is -1.09. The lowest BCUT2D eigenvalue weighted by atomic mass is 9.98. The van der Waals surface area contributed by atoms with Crippen LogP contribution in [0.2, 0.25) is 5.02 Å². The molecule has 0 fully saturated rings. The molecule has 6 heteroatoms. The minimum Gasteiger partial charge on any atom is -0.478 e. The minimum absolute atomic E-state index is 0.0601. The Bertz CT molecular complexity index is 1080. The van der Waals surface area contributed by atoms with Crippen LogP contribution in [0.25, 0.3) is 11.1 Å². The molecule has 0 aromatic heterocycles. The zero-order chi connectivity index (χ0) is 20.5. The van der Waals surface area contributed by atoms with Crippen molar-refractivity contribution in [3.63, 3.8) is 0 Å². The van der Waals surface area contributed by atoms with Gasteiger partial charge >= 0.3 is 12.1 Å². The number of benzene rings is 3. The van der Waals surface area contributed by atoms with Gasteiger partial charge in [-0.15, -0.1) is 0 Å². The highest BCUT2D eigenvalue weighted by Gasteiger charge is 2.29. The first kappa shape index (κ1) is 19.0. The summed E-state index contributed by atoms with van der Waals surface area (Å²) in [6.07, 6.45) is -0.681. The fourth-order valence-electron chi connectivity index (χ4n) is 3.80. The Labute approximate surface area is 172 Å². The van der Waals surface area contributed by atoms with Gasteiger partial charge in [-0.2, -0.15) is 0 Å². The second-order valence-electron chi connectivity index (χ2n) is 6.85. The molecular formula is C23H18ClNO4. The SMILES string of the molecule is Cc1c(C(=O)O)ccc(Cl)c1NC(=O)OCC1c2ccccc2-c2ccccc21. The first-order valence-electron chi connectivity index (χ1n) is 9.11. The fourth-order valence-corrected chi connectivity index (χ4v) is 4.05. The Morgan fingerprint density at radius 1 is 1.00 bits per heavy atom. The quantitative estimate of drug-likeness (QED) is 0.581. The van der Waals surface area contributed by atoms with Gasteiger partial charge in [-0.3, -0.25) is 5.32 Å². The third-order valence-electron chi connectivity index (χ3n) is 5.22. The number of amides is 1. The number of rotatable bonds is 4. The van der Waals surface area contributed by atoms with Crippen LogP contribution in [0.4, 0.5) is 10.5 Å². The molecular weight excluding hydrogens is 390 g/mol. The number of anilines is 1. The van der Waals surface area contributed by atoms with E-state index >= 15 is 0 Å². The second kappa shape index (κ2) is 7.60. The maximum atomic E-state index is 12.4. The smallest absolute Gasteiger partial charge is 0.411 e. The van der Waals surface area contributed by atoms with Gasteiger partial charge in [0.05, 0.1) is 16.3 Å². The number of fused-ring (bicyclic) bond motifs is 3. The summed E-state index contributed by atoms with van der Waals surface area (Å²) < 4.78 is 5.50. The van der Waals surface area contributed by atoms with Crippen LogP contribution in [-0.2, 0) is 4.74 Å². The van der Waals surface area contributed by atoms with Crippen molar-refractivity contribution < 1.29 is 19.4 Å². The summed E-state index contributed by atoms with van der Waals surface area (Å²) in [6.45, 7) is 1.75. The second-order valence-corrected chi connectivity index (χ2v) is 7.26. The molecule has 0 atom stereocenters. The summed E-state index contributed by atoms with van der Waals surface area (Å²) in [5, 5.41) is 12.1. The summed E-state index contributed by atoms with van der Waals surface area (Å²) in [5.41, 5.74) is 5.20. The van der Waals surface area contributed by atoms with Gasteiger partial charge in [0.25, 0.3) is 0 Å². The van der Waals surface area contributed by atoms with Gasteiger partial charge in [0.1, 0.15) is 6.61 Å². The lowest BCUT2D eigenvalue weighted by Crippen LogP contribution is -2.19. The first-order valence-corrected chi connectivity index (χ1v) is 9.49. The van der Waals surface area contributed by atoms with E-state index < -0.39 is 12.1 Å². The Morgan fingerprint density at radius 2 is 1.59 bits per heavy atom. The predicted molar refractivity (Wildman–Crippen MR) is 112 cm³/mol. The van der Waals surface area contributed by atoms with Crippen molar-refractivity contribution in [1.82, 2.24) is 0 Å². The van der Waals surface area contributed by atoms with Crippen molar-refractivity contribution in [2.24, 2.45) is 0 Å². The number of hydrogen-bond acceptors (Lipinski definition) is 3. The molecule has 0 saturated heterocycles. The van der Waals surface area contributed by atoms with E-state index in [1.807, 2.05) is 36.4 Å². The lowest BCUT2D eigenvalue weighted by Gasteiger charge is -2.16. The maximum absolute atomic E-state index is 12.4. The number of hydrogen-bond donors (Lipinski definition) is 2. The molecule has 29 heavy (non-hydrogen) atoms. The van der Waals surface area contributed by atoms with E-state index in [0.717, 1.165) is 22.3 Å². The number of carboxylic acids is 1. The molecule has 3 aromatic carbocycles. The molecule has 2 N–H and O–H groups in total. The van der Waals surface area contributed by atoms with E-state index in [1.165, 1.54) is 12.1 Å². The molecule has 0 bridgehead atoms. The zero-order valence-corrected chi connectivity index (χ0v) is 16.4. The van der Waals surface area contributed by atoms with Crippen LogP contribution in [0.3, 0.4) is 0 Å². The topological polar surface area (TPSA) is 75.6 Å². The third-order valence-corrected chi connectivity index (χ3v) is 5.53. The standard InChI is InChI=1S/C23H18ClNO4/c1-13-14(22(26)27)10-11-20(24)21(13)25-23(28)29-12-19-17-8-4-2-6-15(17)16-7-3-5-9-18(16)19/h2-11,19H,12H2,1H3,(H,25,28)(H,26,27). The van der Waals surface area contributed by atoms with Gasteiger partial charge in [-0.25, -0.2) is 9.59 Å². The van der Waals surface area contributed by atoms with Gasteiger partial charge in [0.15, 0.2) is 0 Å². The number of aromatic carboxylic acids is 1. The van der Waals surface area contributed by atoms with E-state index in [2.05, 4.69) is 17.4 Å². The summed E-state index contributed by atoms with van der Waals surface area (Å²) in [7, 11) is 0. The highest BCUT2D eigenvalue weighted by molar-refractivity contribution is 6.34. The van der Waals surface area contributed by atoms with E-state index in [4.69, 9.17) is 16.3 Å². The van der Waals surface area contributed by atoms with Crippen LogP contribution in [0.1, 0.15) is 33.0 Å². The van der Waals surface area contributed by atoms with Crippen molar-refractivity contribution in [2.45, 2.75) is 12.8 Å². The number of nitrogens with one attached hydrogen (secondary N) is 1. The average molecular weight is 408 g/mol. The van der Waals surface area contributed by atoms with Crippen LogP contribution in [0.15, 0.2) is 60.7 Å². The third kappa shape index (κ3) is 3.45. The molecule has 4 rings (SSSR count). The van der Waals surface area contributed by atoms with Crippen molar-refractivity contribution in [3.8, 4) is 11.1 Å². The molecule has 0 heterocycles. The van der Waals surface area contributed by atoms with Gasteiger partial charge in [-0.1, -0.05) is 60.1 Å². The monoisotopic (exact) mass is 407 g/mol. The van der Waals surface area contributed by atoms with Crippen molar-refractivity contribution in [1.29, 1.82) is 0 Å². The molecule has 5 nitrogen and oxygen atoms in total. The number of carboxylic acid groups (broad SMARTS) is 1. The Kier molecular flexibility index (Phi) is 4.99. The molecule has 1 amide bonds. The molecule has 1 aliphatic carbocycles. The van der Waals surface area contributed by atoms with Crippen molar-refractivity contribution in [3.05, 3.63) is 87.9 Å². The molecule has 0 saturated carbocycles. The Morgan fingerprint density at radius 3 is 2.17 bits per heavy atom. The lowest BCUT2D eigenvalue weighted by molar-refractivity contribution is 0.0696. The number of halogens is 1. The molecule has 0 aliphatic heterocycles. The summed E-state index contributed by atoms with van der Waals surface area (Å²) in [5.74, 6) is -1.15. The highest BCUT2D eigenvalue weighted by atomic mass is 35.5. The van der Waals surface area contributed by atoms with E-state index in [9.17, 15) is 14.7 Å². The average Bonchev–Trinajstić information content (AvgIpc) is 3.03. The largest absolute Gasteiger partial charge is 0.478 e. The number of carbonyl (C=O) groups is 2. The highest BCUT2D eigenvalue weighted by Crippen LogP contribution is 2.44. The molecule has 0 unspecified atom stereocenters. The number of carbonyl (C=O) groups excluding carboxylic acids is 1. The molecule has 146 valence electrons. The predicted octanol–water partition coefficient (Wildman–Crippen LogP) is 5.71. The molecule has 3 aromatic rings. The van der Waals surface area contributed by atoms with Gasteiger partial charge in [0, 0.05) is 5.92 Å². The van der Waals surface area contributed by atoms with Crippen LogP contribution in [0, 0.1) is 6.92 Å². The van der Waals surface area contributed by atoms with E-state index in [1.54, 1.807) is 6.92 Å². The van der Waals surface area contributed by atoms with Gasteiger partial charge < -0.3 is 9.84 Å². The summed E-state index contributed by atoms with van der Waals surface area (Å²) >= 11 is 6.15. The van der Waals surface area contributed by atoms with Crippen LogP contribution in [0.5, 0.6) is 0 Å². The van der Waals surface area contributed by atoms with Crippen LogP contribution in [-0.4, -0.2) is 23.8 Å². The van der Waals surface area contributed by atoms with Crippen molar-refractivity contribution in [2.75, 3.05) is 11.9 Å². The van der Waals surface area contributed by atoms with Crippen molar-refractivity contribution >= 4 is 29.4 Å². The van der Waals surface area contributed by atoms with Gasteiger partial charge in [-0.05, 0) is 46.9 Å². The normalized spacial score (nSPS) is 12.2.